The fourth-order valence-corrected chi connectivity index (χ4v) is 1.32. The highest BCUT2D eigenvalue weighted by Crippen LogP contribution is 1.87. The summed E-state index contributed by atoms with van der Waals surface area (Å²) in [5.41, 5.74) is 0. The number of aromatic nitrogens is 1. The van der Waals surface area contributed by atoms with E-state index in [9.17, 15) is 0 Å². The molecule has 4 heteroatoms. The number of rotatable bonds is 5. The topological polar surface area (TPSA) is 29.0 Å². The van der Waals surface area contributed by atoms with Crippen LogP contribution in [0.5, 0.6) is 0 Å². The monoisotopic (exact) mass is 211 g/mol. The van der Waals surface area contributed by atoms with Gasteiger partial charge in [-0.3, -0.25) is 0 Å². The molecule has 0 saturated heterocycles. The van der Waals surface area contributed by atoms with Crippen LogP contribution in [-0.2, 0) is 6.54 Å². The van der Waals surface area contributed by atoms with Crippen LogP contribution in [0, 0.1) is 0 Å². The molecule has 0 bridgehead atoms. The number of nitrogens with zero attached hydrogens (tertiary/aromatic N) is 1. The average molecular weight is 211 g/mol. The maximum absolute atomic E-state index is 5.08. The lowest BCUT2D eigenvalue weighted by molar-refractivity contribution is 0.670. The molecule has 0 atom stereocenters. The zero-order valence-corrected chi connectivity index (χ0v) is 9.31. The molecule has 1 aromatic rings. The Labute approximate surface area is 90.5 Å². The van der Waals surface area contributed by atoms with Crippen LogP contribution in [0.25, 0.3) is 0 Å². The van der Waals surface area contributed by atoms with Gasteiger partial charge in [0.05, 0.1) is 0 Å². The zero-order valence-electron chi connectivity index (χ0n) is 8.49. The summed E-state index contributed by atoms with van der Waals surface area (Å²) in [6.07, 6.45) is 5.19. The molecule has 0 aliphatic rings. The molecule has 0 aliphatic carbocycles. The van der Waals surface area contributed by atoms with Crippen molar-refractivity contribution in [2.24, 2.45) is 0 Å². The van der Waals surface area contributed by atoms with Gasteiger partial charge < -0.3 is 15.2 Å². The molecule has 1 aromatic heterocycles. The lowest BCUT2D eigenvalue weighted by atomic mass is 10.5. The van der Waals surface area contributed by atoms with Gasteiger partial charge in [0.1, 0.15) is 0 Å². The second-order valence-electron chi connectivity index (χ2n) is 3.10. The Hall–Kier alpha value is -1.03. The quantitative estimate of drug-likeness (QED) is 0.721. The molecule has 0 radical (unpaired) electrons. The summed E-state index contributed by atoms with van der Waals surface area (Å²) in [5, 5.41) is 7.03. The lowest BCUT2D eigenvalue weighted by Crippen LogP contribution is -2.37. The molecule has 0 unspecified atom stereocenters. The third-order valence-corrected chi connectivity index (χ3v) is 2.15. The van der Waals surface area contributed by atoms with Gasteiger partial charge in [-0.1, -0.05) is 6.92 Å². The maximum Gasteiger partial charge on any atom is 0.166 e. The van der Waals surface area contributed by atoms with E-state index in [1.807, 2.05) is 24.5 Å². The minimum Gasteiger partial charge on any atom is -0.363 e. The predicted molar refractivity (Wildman–Crippen MR) is 63.3 cm³/mol. The van der Waals surface area contributed by atoms with E-state index in [1.54, 1.807) is 0 Å². The summed E-state index contributed by atoms with van der Waals surface area (Å²) in [5.74, 6) is 0. The van der Waals surface area contributed by atoms with Crippen molar-refractivity contribution >= 4 is 17.3 Å². The minimum atomic E-state index is 0.749. The molecule has 1 heterocycles. The van der Waals surface area contributed by atoms with E-state index in [0.29, 0.717) is 0 Å². The van der Waals surface area contributed by atoms with E-state index in [-0.39, 0.29) is 0 Å². The summed E-state index contributed by atoms with van der Waals surface area (Å²) in [4.78, 5) is 0. The molecule has 0 aliphatic heterocycles. The largest absolute Gasteiger partial charge is 0.363 e. The maximum atomic E-state index is 5.08. The summed E-state index contributed by atoms with van der Waals surface area (Å²) in [6, 6.07) is 4.04. The SMILES string of the molecule is CCCNC(=S)NCCn1cccc1. The van der Waals surface area contributed by atoms with Gasteiger partial charge in [0.25, 0.3) is 0 Å². The van der Waals surface area contributed by atoms with Crippen LogP contribution in [0.4, 0.5) is 0 Å². The van der Waals surface area contributed by atoms with Gasteiger partial charge in [-0.25, -0.2) is 0 Å². The number of thiocarbonyl (C=S) groups is 1. The van der Waals surface area contributed by atoms with Crippen molar-refractivity contribution in [3.8, 4) is 0 Å². The highest BCUT2D eigenvalue weighted by atomic mass is 32.1. The van der Waals surface area contributed by atoms with Crippen molar-refractivity contribution in [2.75, 3.05) is 13.1 Å². The molecule has 0 fully saturated rings. The van der Waals surface area contributed by atoms with Gasteiger partial charge in [-0.2, -0.15) is 0 Å². The molecule has 0 spiro atoms. The predicted octanol–water partition coefficient (Wildman–Crippen LogP) is 1.36. The van der Waals surface area contributed by atoms with Crippen molar-refractivity contribution < 1.29 is 0 Å². The molecule has 2 N–H and O–H groups in total. The summed E-state index contributed by atoms with van der Waals surface area (Å²) < 4.78 is 2.12. The Bertz CT molecular complexity index is 256. The molecule has 1 rings (SSSR count). The van der Waals surface area contributed by atoms with Crippen LogP contribution in [0.15, 0.2) is 24.5 Å². The smallest absolute Gasteiger partial charge is 0.166 e. The van der Waals surface area contributed by atoms with E-state index in [4.69, 9.17) is 12.2 Å². The van der Waals surface area contributed by atoms with Crippen molar-refractivity contribution in [1.29, 1.82) is 0 Å². The molecule has 14 heavy (non-hydrogen) atoms. The first kappa shape index (κ1) is 11.0. The first-order chi connectivity index (χ1) is 6.83. The highest BCUT2D eigenvalue weighted by molar-refractivity contribution is 7.80. The van der Waals surface area contributed by atoms with Crippen molar-refractivity contribution in [2.45, 2.75) is 19.9 Å². The third-order valence-electron chi connectivity index (χ3n) is 1.86. The van der Waals surface area contributed by atoms with Crippen LogP contribution in [0.3, 0.4) is 0 Å². The van der Waals surface area contributed by atoms with Gasteiger partial charge in [-0.05, 0) is 30.8 Å². The number of hydrogen-bond acceptors (Lipinski definition) is 1. The Morgan fingerprint density at radius 3 is 2.50 bits per heavy atom. The summed E-state index contributed by atoms with van der Waals surface area (Å²) in [7, 11) is 0. The molecule has 0 saturated carbocycles. The Morgan fingerprint density at radius 2 is 1.86 bits per heavy atom. The van der Waals surface area contributed by atoms with Crippen molar-refractivity contribution in [3.63, 3.8) is 0 Å². The van der Waals surface area contributed by atoms with Crippen molar-refractivity contribution in [3.05, 3.63) is 24.5 Å². The second-order valence-corrected chi connectivity index (χ2v) is 3.51. The summed E-state index contributed by atoms with van der Waals surface area (Å²) in [6.45, 7) is 4.87. The van der Waals surface area contributed by atoms with E-state index in [0.717, 1.165) is 31.2 Å². The lowest BCUT2D eigenvalue weighted by Gasteiger charge is -2.09. The molecule has 78 valence electrons. The van der Waals surface area contributed by atoms with E-state index in [1.165, 1.54) is 0 Å². The fraction of sp³-hybridized carbons (Fsp3) is 0.500. The number of nitrogens with one attached hydrogen (secondary N) is 2. The molecular formula is C10H17N3S. The van der Waals surface area contributed by atoms with Gasteiger partial charge in [0.2, 0.25) is 0 Å². The highest BCUT2D eigenvalue weighted by Gasteiger charge is 1.93. The Balaban J connectivity index is 2.06. The Kier molecular flexibility index (Phi) is 5.07. The van der Waals surface area contributed by atoms with Crippen LogP contribution in [0.1, 0.15) is 13.3 Å². The van der Waals surface area contributed by atoms with Crippen LogP contribution >= 0.6 is 12.2 Å². The van der Waals surface area contributed by atoms with Crippen LogP contribution in [0.2, 0.25) is 0 Å². The third kappa shape index (κ3) is 4.28. The van der Waals surface area contributed by atoms with Gasteiger partial charge in [0, 0.05) is 32.0 Å². The zero-order chi connectivity index (χ0) is 10.2. The second kappa shape index (κ2) is 6.43. The van der Waals surface area contributed by atoms with Crippen molar-refractivity contribution in [1.82, 2.24) is 15.2 Å². The first-order valence-corrected chi connectivity index (χ1v) is 5.36. The van der Waals surface area contributed by atoms with Crippen LogP contribution in [-0.4, -0.2) is 22.8 Å². The normalized spacial score (nSPS) is 9.79. The fourth-order valence-electron chi connectivity index (χ4n) is 1.12. The Morgan fingerprint density at radius 1 is 1.21 bits per heavy atom. The molecule has 0 amide bonds. The average Bonchev–Trinajstić information content (AvgIpc) is 2.67. The van der Waals surface area contributed by atoms with Gasteiger partial charge in [0.15, 0.2) is 5.11 Å². The number of hydrogen-bond donors (Lipinski definition) is 2. The van der Waals surface area contributed by atoms with Gasteiger partial charge in [-0.15, -0.1) is 0 Å². The standard InChI is InChI=1S/C10H17N3S/c1-2-5-11-10(14)12-6-9-13-7-3-4-8-13/h3-4,7-8H,2,5-6,9H2,1H3,(H2,11,12,14). The van der Waals surface area contributed by atoms with E-state index in [2.05, 4.69) is 22.1 Å². The van der Waals surface area contributed by atoms with Gasteiger partial charge >= 0.3 is 0 Å². The summed E-state index contributed by atoms with van der Waals surface area (Å²) >= 11 is 5.08. The molecular weight excluding hydrogens is 194 g/mol. The van der Waals surface area contributed by atoms with Crippen LogP contribution < -0.4 is 10.6 Å². The van der Waals surface area contributed by atoms with E-state index >= 15 is 0 Å². The minimum absolute atomic E-state index is 0.749. The van der Waals surface area contributed by atoms with E-state index < -0.39 is 0 Å². The molecule has 3 nitrogen and oxygen atoms in total. The molecule has 0 aromatic carbocycles. The first-order valence-electron chi connectivity index (χ1n) is 4.95.